The number of hydrogen-bond acceptors (Lipinski definition) is 4. The molecule has 7 heteroatoms. The zero-order valence-corrected chi connectivity index (χ0v) is 15.3. The normalized spacial score (nSPS) is 12.4. The number of nitrogens with one attached hydrogen (secondary N) is 2. The Morgan fingerprint density at radius 1 is 1.12 bits per heavy atom. The molecule has 0 aromatic heterocycles. The molecule has 0 aliphatic carbocycles. The molecule has 2 N–H and O–H groups in total. The van der Waals surface area contributed by atoms with Crippen molar-refractivity contribution >= 4 is 34.8 Å². The first-order valence-corrected chi connectivity index (χ1v) is 8.57. The van der Waals surface area contributed by atoms with Gasteiger partial charge in [0, 0.05) is 18.3 Å². The molecule has 0 saturated carbocycles. The van der Waals surface area contributed by atoms with Crippen LogP contribution in [0.1, 0.15) is 18.1 Å². The zero-order valence-electron chi connectivity index (χ0n) is 14.5. The fourth-order valence-electron chi connectivity index (χ4n) is 2.74. The van der Waals surface area contributed by atoms with E-state index in [1.54, 1.807) is 30.3 Å². The van der Waals surface area contributed by atoms with Gasteiger partial charge in [-0.15, -0.1) is 0 Å². The van der Waals surface area contributed by atoms with Gasteiger partial charge in [-0.05, 0) is 42.3 Å². The minimum absolute atomic E-state index is 0.139. The van der Waals surface area contributed by atoms with E-state index in [1.165, 1.54) is 6.92 Å². The Morgan fingerprint density at radius 2 is 1.81 bits per heavy atom. The van der Waals surface area contributed by atoms with E-state index < -0.39 is 0 Å². The molecule has 0 saturated heterocycles. The van der Waals surface area contributed by atoms with Crippen LogP contribution < -0.4 is 20.1 Å². The Kier molecular flexibility index (Phi) is 5.32. The summed E-state index contributed by atoms with van der Waals surface area (Å²) >= 11 is 6.21. The average Bonchev–Trinajstić information content (AvgIpc) is 2.58. The van der Waals surface area contributed by atoms with Gasteiger partial charge >= 0.3 is 0 Å². The number of carbonyl (C=O) groups excluding carboxylic acids is 2. The van der Waals surface area contributed by atoms with Gasteiger partial charge < -0.3 is 20.1 Å². The molecule has 0 atom stereocenters. The molecule has 0 spiro atoms. The molecule has 1 aliphatic heterocycles. The van der Waals surface area contributed by atoms with Crippen molar-refractivity contribution < 1.29 is 19.1 Å². The topological polar surface area (TPSA) is 76.7 Å². The number of amides is 2. The molecule has 2 aromatic rings. The minimum Gasteiger partial charge on any atom is -0.486 e. The van der Waals surface area contributed by atoms with Gasteiger partial charge in [-0.25, -0.2) is 0 Å². The van der Waals surface area contributed by atoms with E-state index >= 15 is 0 Å². The molecule has 0 bridgehead atoms. The lowest BCUT2D eigenvalue weighted by atomic mass is 10.1. The van der Waals surface area contributed by atoms with Gasteiger partial charge in [-0.1, -0.05) is 17.7 Å². The SMILES string of the molecule is CC(=O)Nc1cccc(NC(=O)Cc2cc(Cl)c3c(c2)OCCO3)c1C. The number of halogens is 1. The number of fused-ring (bicyclic) bond motifs is 1. The Morgan fingerprint density at radius 3 is 2.54 bits per heavy atom. The third-order valence-corrected chi connectivity index (χ3v) is 4.22. The molecule has 2 aromatic carbocycles. The minimum atomic E-state index is -0.194. The summed E-state index contributed by atoms with van der Waals surface area (Å²) in [6.45, 7) is 4.18. The molecule has 136 valence electrons. The van der Waals surface area contributed by atoms with Crippen LogP contribution in [0.25, 0.3) is 0 Å². The molecule has 0 unspecified atom stereocenters. The van der Waals surface area contributed by atoms with Crippen LogP contribution in [0.15, 0.2) is 30.3 Å². The van der Waals surface area contributed by atoms with Crippen molar-refractivity contribution in [2.75, 3.05) is 23.8 Å². The quantitative estimate of drug-likeness (QED) is 0.857. The Balaban J connectivity index is 1.74. The Bertz CT molecular complexity index is 867. The van der Waals surface area contributed by atoms with Crippen molar-refractivity contribution in [1.82, 2.24) is 0 Å². The van der Waals surface area contributed by atoms with Gasteiger partial charge in [0.25, 0.3) is 0 Å². The maximum atomic E-state index is 12.4. The second kappa shape index (κ2) is 7.66. The molecule has 3 rings (SSSR count). The van der Waals surface area contributed by atoms with Gasteiger partial charge in [0.2, 0.25) is 11.8 Å². The largest absolute Gasteiger partial charge is 0.486 e. The van der Waals surface area contributed by atoms with Crippen LogP contribution in [-0.2, 0) is 16.0 Å². The van der Waals surface area contributed by atoms with E-state index in [4.69, 9.17) is 21.1 Å². The molecule has 0 radical (unpaired) electrons. The highest BCUT2D eigenvalue weighted by Crippen LogP contribution is 2.38. The standard InChI is InChI=1S/C19H19ClN2O4/c1-11-15(21-12(2)23)4-3-5-16(11)22-18(24)10-13-8-14(20)19-17(9-13)25-6-7-26-19/h3-5,8-9H,6-7,10H2,1-2H3,(H,21,23)(H,22,24). The Labute approximate surface area is 156 Å². The van der Waals surface area contributed by atoms with E-state index in [1.807, 2.05) is 6.92 Å². The Hall–Kier alpha value is -2.73. The monoisotopic (exact) mass is 374 g/mol. The molecule has 6 nitrogen and oxygen atoms in total. The summed E-state index contributed by atoms with van der Waals surface area (Å²) in [4.78, 5) is 23.7. The summed E-state index contributed by atoms with van der Waals surface area (Å²) in [5.74, 6) is 0.708. The molecule has 2 amide bonds. The van der Waals surface area contributed by atoms with Crippen LogP contribution >= 0.6 is 11.6 Å². The van der Waals surface area contributed by atoms with Gasteiger partial charge in [-0.3, -0.25) is 9.59 Å². The number of ether oxygens (including phenoxy) is 2. The third-order valence-electron chi connectivity index (χ3n) is 3.94. The van der Waals surface area contributed by atoms with Gasteiger partial charge in [0.05, 0.1) is 11.4 Å². The van der Waals surface area contributed by atoms with Crippen molar-refractivity contribution in [1.29, 1.82) is 0 Å². The first-order valence-electron chi connectivity index (χ1n) is 8.19. The van der Waals surface area contributed by atoms with Crippen molar-refractivity contribution in [3.05, 3.63) is 46.5 Å². The summed E-state index contributed by atoms with van der Waals surface area (Å²) in [7, 11) is 0. The lowest BCUT2D eigenvalue weighted by molar-refractivity contribution is -0.115. The van der Waals surface area contributed by atoms with Crippen molar-refractivity contribution in [3.8, 4) is 11.5 Å². The van der Waals surface area contributed by atoms with E-state index in [0.717, 1.165) is 11.1 Å². The van der Waals surface area contributed by atoms with E-state index in [9.17, 15) is 9.59 Å². The van der Waals surface area contributed by atoms with E-state index in [2.05, 4.69) is 10.6 Å². The lowest BCUT2D eigenvalue weighted by Gasteiger charge is -2.20. The molecular weight excluding hydrogens is 356 g/mol. The summed E-state index contributed by atoms with van der Waals surface area (Å²) in [5, 5.41) is 6.03. The third kappa shape index (κ3) is 4.08. The van der Waals surface area contributed by atoms with Crippen LogP contribution in [0.2, 0.25) is 5.02 Å². The van der Waals surface area contributed by atoms with Crippen LogP contribution in [-0.4, -0.2) is 25.0 Å². The summed E-state index contributed by atoms with van der Waals surface area (Å²) in [5.41, 5.74) is 2.83. The van der Waals surface area contributed by atoms with Gasteiger partial charge in [0.1, 0.15) is 13.2 Å². The van der Waals surface area contributed by atoms with Crippen LogP contribution in [0.5, 0.6) is 11.5 Å². The second-order valence-electron chi connectivity index (χ2n) is 5.99. The summed E-state index contributed by atoms with van der Waals surface area (Å²) < 4.78 is 11.0. The number of anilines is 2. The predicted molar refractivity (Wildman–Crippen MR) is 100 cm³/mol. The zero-order chi connectivity index (χ0) is 18.7. The average molecular weight is 375 g/mol. The van der Waals surface area contributed by atoms with Crippen molar-refractivity contribution in [3.63, 3.8) is 0 Å². The van der Waals surface area contributed by atoms with Crippen LogP contribution in [0.4, 0.5) is 11.4 Å². The van der Waals surface area contributed by atoms with E-state index in [0.29, 0.717) is 41.1 Å². The van der Waals surface area contributed by atoms with Crippen molar-refractivity contribution in [2.24, 2.45) is 0 Å². The summed E-state index contributed by atoms with van der Waals surface area (Å²) in [6.07, 6.45) is 0.139. The first-order chi connectivity index (χ1) is 12.4. The highest BCUT2D eigenvalue weighted by atomic mass is 35.5. The highest BCUT2D eigenvalue weighted by Gasteiger charge is 2.18. The van der Waals surface area contributed by atoms with Gasteiger partial charge in [-0.2, -0.15) is 0 Å². The van der Waals surface area contributed by atoms with Crippen LogP contribution in [0.3, 0.4) is 0 Å². The molecule has 0 fully saturated rings. The number of hydrogen-bond donors (Lipinski definition) is 2. The smallest absolute Gasteiger partial charge is 0.228 e. The molecule has 1 heterocycles. The molecule has 1 aliphatic rings. The fraction of sp³-hybridized carbons (Fsp3) is 0.263. The summed E-state index contributed by atoms with van der Waals surface area (Å²) in [6, 6.07) is 8.81. The second-order valence-corrected chi connectivity index (χ2v) is 6.39. The fourth-order valence-corrected chi connectivity index (χ4v) is 3.03. The first kappa shape index (κ1) is 18.1. The molecule has 26 heavy (non-hydrogen) atoms. The highest BCUT2D eigenvalue weighted by molar-refractivity contribution is 6.32. The number of rotatable bonds is 4. The number of benzene rings is 2. The van der Waals surface area contributed by atoms with Crippen molar-refractivity contribution in [2.45, 2.75) is 20.3 Å². The molecular formula is C19H19ClN2O4. The predicted octanol–water partition coefficient (Wildman–Crippen LogP) is 3.56. The lowest BCUT2D eigenvalue weighted by Crippen LogP contribution is -2.18. The maximum absolute atomic E-state index is 12.4. The van der Waals surface area contributed by atoms with Crippen LogP contribution in [0, 0.1) is 6.92 Å². The number of carbonyl (C=O) groups is 2. The maximum Gasteiger partial charge on any atom is 0.228 e. The van der Waals surface area contributed by atoms with Gasteiger partial charge in [0.15, 0.2) is 11.5 Å². The van der Waals surface area contributed by atoms with E-state index in [-0.39, 0.29) is 18.2 Å².